The first kappa shape index (κ1) is 19.2. The van der Waals surface area contributed by atoms with Gasteiger partial charge in [0.2, 0.25) is 5.91 Å². The molecule has 142 valence electrons. The second-order valence-corrected chi connectivity index (χ2v) is 6.60. The number of aliphatic carboxylic acids is 1. The molecule has 0 aliphatic heterocycles. The molecule has 0 saturated heterocycles. The number of nitrogens with one attached hydrogen (secondary N) is 1. The number of benzene rings is 2. The Bertz CT molecular complexity index is 986. The summed E-state index contributed by atoms with van der Waals surface area (Å²) >= 11 is 1.41. The van der Waals surface area contributed by atoms with Gasteiger partial charge < -0.3 is 14.6 Å². The molecule has 1 aromatic heterocycles. The predicted octanol–water partition coefficient (Wildman–Crippen LogP) is 1.63. The number of nitrogens with zero attached hydrogens (tertiary/aromatic N) is 2. The first-order chi connectivity index (χ1) is 13.6. The van der Waals surface area contributed by atoms with Crippen molar-refractivity contribution in [2.24, 2.45) is 5.10 Å². The third-order valence-corrected chi connectivity index (χ3v) is 4.44. The van der Waals surface area contributed by atoms with Crippen molar-refractivity contribution in [2.45, 2.75) is 6.42 Å². The Balaban J connectivity index is 1.56. The molecule has 0 aliphatic carbocycles. The van der Waals surface area contributed by atoms with Gasteiger partial charge in [-0.3, -0.25) is 4.79 Å². The molecule has 28 heavy (non-hydrogen) atoms. The smallest absolute Gasteiger partial charge is 0.246 e. The molecule has 1 amide bonds. The van der Waals surface area contributed by atoms with Crippen molar-refractivity contribution in [1.29, 1.82) is 0 Å². The van der Waals surface area contributed by atoms with Crippen LogP contribution in [0, 0.1) is 0 Å². The SMILES string of the molecule is O=C([O-])COc1ccccc1/C=N\NC(=O)Cc1nc(-c2ccccc2)cs1. The van der Waals surface area contributed by atoms with Gasteiger partial charge in [-0.15, -0.1) is 11.3 Å². The van der Waals surface area contributed by atoms with Crippen molar-refractivity contribution < 1.29 is 19.4 Å². The van der Waals surface area contributed by atoms with Gasteiger partial charge in [0.05, 0.1) is 24.3 Å². The number of rotatable bonds is 8. The zero-order chi connectivity index (χ0) is 19.8. The van der Waals surface area contributed by atoms with E-state index in [9.17, 15) is 14.7 Å². The fraction of sp³-hybridized carbons (Fsp3) is 0.100. The largest absolute Gasteiger partial charge is 0.546 e. The van der Waals surface area contributed by atoms with Crippen LogP contribution in [0.1, 0.15) is 10.6 Å². The normalized spacial score (nSPS) is 10.7. The number of carboxylic acids is 1. The molecule has 0 saturated carbocycles. The Kier molecular flexibility index (Phi) is 6.48. The fourth-order valence-electron chi connectivity index (χ4n) is 2.34. The standard InChI is InChI=1S/C20H17N3O4S/c24-18(10-19-22-16(13-28-19)14-6-2-1-3-7-14)23-21-11-15-8-4-5-9-17(15)27-12-20(25)26/h1-9,11,13H,10,12H2,(H,23,24)(H,25,26)/p-1/b21-11-. The van der Waals surface area contributed by atoms with Crippen LogP contribution >= 0.6 is 11.3 Å². The average Bonchev–Trinajstić information content (AvgIpc) is 3.16. The van der Waals surface area contributed by atoms with Crippen LogP contribution in [-0.4, -0.2) is 29.7 Å². The van der Waals surface area contributed by atoms with E-state index in [1.54, 1.807) is 24.3 Å². The van der Waals surface area contributed by atoms with E-state index in [4.69, 9.17) is 4.74 Å². The molecule has 3 rings (SSSR count). The number of thiazole rings is 1. The third kappa shape index (κ3) is 5.49. The minimum atomic E-state index is -1.32. The molecule has 1 heterocycles. The van der Waals surface area contributed by atoms with Crippen LogP contribution < -0.4 is 15.3 Å². The molecular formula is C20H16N3O4S-. The Morgan fingerprint density at radius 1 is 1.14 bits per heavy atom. The molecule has 0 aliphatic rings. The lowest BCUT2D eigenvalue weighted by Gasteiger charge is -2.08. The van der Waals surface area contributed by atoms with Gasteiger partial charge in [0, 0.05) is 16.5 Å². The van der Waals surface area contributed by atoms with Crippen molar-refractivity contribution in [2.75, 3.05) is 6.61 Å². The van der Waals surface area contributed by atoms with Crippen molar-refractivity contribution in [3.8, 4) is 17.0 Å². The highest BCUT2D eigenvalue weighted by Crippen LogP contribution is 2.21. The zero-order valence-electron chi connectivity index (χ0n) is 14.7. The van der Waals surface area contributed by atoms with Gasteiger partial charge in [-0.1, -0.05) is 42.5 Å². The first-order valence-electron chi connectivity index (χ1n) is 8.35. The molecule has 8 heteroatoms. The van der Waals surface area contributed by atoms with Crippen LogP contribution in [0.15, 0.2) is 65.1 Å². The Morgan fingerprint density at radius 3 is 2.68 bits per heavy atom. The number of carbonyl (C=O) groups is 2. The Morgan fingerprint density at radius 2 is 1.89 bits per heavy atom. The van der Waals surface area contributed by atoms with Gasteiger partial charge >= 0.3 is 0 Å². The topological polar surface area (TPSA) is 104 Å². The number of amides is 1. The molecule has 0 radical (unpaired) electrons. The van der Waals surface area contributed by atoms with E-state index in [0.29, 0.717) is 16.3 Å². The average molecular weight is 394 g/mol. The number of hydrogen-bond acceptors (Lipinski definition) is 7. The van der Waals surface area contributed by atoms with Crippen molar-refractivity contribution in [3.05, 3.63) is 70.5 Å². The van der Waals surface area contributed by atoms with E-state index in [1.165, 1.54) is 17.6 Å². The minimum absolute atomic E-state index is 0.109. The quantitative estimate of drug-likeness (QED) is 0.462. The number of carboxylic acid groups (broad SMARTS) is 1. The van der Waals surface area contributed by atoms with Gasteiger partial charge in [0.15, 0.2) is 0 Å². The number of hydrogen-bond donors (Lipinski definition) is 1. The number of ether oxygens (including phenoxy) is 1. The number of hydrazone groups is 1. The number of aromatic nitrogens is 1. The summed E-state index contributed by atoms with van der Waals surface area (Å²) in [5.74, 6) is -1.30. The summed E-state index contributed by atoms with van der Waals surface area (Å²) in [6.07, 6.45) is 1.50. The summed E-state index contributed by atoms with van der Waals surface area (Å²) < 4.78 is 5.12. The van der Waals surface area contributed by atoms with Crippen LogP contribution in [0.2, 0.25) is 0 Å². The van der Waals surface area contributed by atoms with Crippen LogP contribution in [0.5, 0.6) is 5.75 Å². The van der Waals surface area contributed by atoms with Gasteiger partial charge in [-0.05, 0) is 12.1 Å². The summed E-state index contributed by atoms with van der Waals surface area (Å²) in [7, 11) is 0. The van der Waals surface area contributed by atoms with E-state index in [-0.39, 0.29) is 12.3 Å². The van der Waals surface area contributed by atoms with Crippen LogP contribution in [-0.2, 0) is 16.0 Å². The monoisotopic (exact) mass is 394 g/mol. The second-order valence-electron chi connectivity index (χ2n) is 5.66. The van der Waals surface area contributed by atoms with Crippen molar-refractivity contribution in [3.63, 3.8) is 0 Å². The van der Waals surface area contributed by atoms with Crippen LogP contribution in [0.4, 0.5) is 0 Å². The molecular weight excluding hydrogens is 378 g/mol. The van der Waals surface area contributed by atoms with Crippen LogP contribution in [0.3, 0.4) is 0 Å². The fourth-order valence-corrected chi connectivity index (χ4v) is 3.14. The predicted molar refractivity (Wildman–Crippen MR) is 104 cm³/mol. The summed E-state index contributed by atoms with van der Waals surface area (Å²) in [6, 6.07) is 16.5. The van der Waals surface area contributed by atoms with E-state index in [0.717, 1.165) is 11.3 Å². The highest BCUT2D eigenvalue weighted by atomic mass is 32.1. The van der Waals surface area contributed by atoms with E-state index < -0.39 is 12.6 Å². The lowest BCUT2D eigenvalue weighted by Crippen LogP contribution is -2.29. The molecule has 2 aromatic carbocycles. The van der Waals surface area contributed by atoms with Crippen LogP contribution in [0.25, 0.3) is 11.3 Å². The van der Waals surface area contributed by atoms with Gasteiger partial charge in [-0.25, -0.2) is 10.4 Å². The molecule has 0 atom stereocenters. The second kappa shape index (κ2) is 9.43. The number of carbonyl (C=O) groups excluding carboxylic acids is 2. The van der Waals surface area contributed by atoms with Gasteiger partial charge in [-0.2, -0.15) is 5.10 Å². The maximum atomic E-state index is 12.1. The summed E-state index contributed by atoms with van der Waals surface area (Å²) in [5.41, 5.74) is 4.79. The molecule has 0 bridgehead atoms. The third-order valence-electron chi connectivity index (χ3n) is 3.59. The molecule has 0 spiro atoms. The minimum Gasteiger partial charge on any atom is -0.546 e. The Hall–Kier alpha value is -3.52. The van der Waals surface area contributed by atoms with Crippen molar-refractivity contribution >= 4 is 29.4 Å². The first-order valence-corrected chi connectivity index (χ1v) is 9.23. The van der Waals surface area contributed by atoms with Gasteiger partial charge in [0.25, 0.3) is 0 Å². The summed E-state index contributed by atoms with van der Waals surface area (Å²) in [4.78, 5) is 27.1. The maximum Gasteiger partial charge on any atom is 0.246 e. The molecule has 7 nitrogen and oxygen atoms in total. The molecule has 0 fully saturated rings. The molecule has 1 N–H and O–H groups in total. The molecule has 3 aromatic rings. The van der Waals surface area contributed by atoms with E-state index >= 15 is 0 Å². The summed E-state index contributed by atoms with van der Waals surface area (Å²) in [5, 5.41) is 17.0. The lowest BCUT2D eigenvalue weighted by atomic mass is 10.2. The van der Waals surface area contributed by atoms with E-state index in [1.807, 2.05) is 35.7 Å². The maximum absolute atomic E-state index is 12.1. The van der Waals surface area contributed by atoms with E-state index in [2.05, 4.69) is 15.5 Å². The molecule has 0 unspecified atom stereocenters. The Labute approximate surface area is 165 Å². The zero-order valence-corrected chi connectivity index (χ0v) is 15.5. The lowest BCUT2D eigenvalue weighted by molar-refractivity contribution is -0.307. The number of para-hydroxylation sites is 1. The highest BCUT2D eigenvalue weighted by Gasteiger charge is 2.08. The highest BCUT2D eigenvalue weighted by molar-refractivity contribution is 7.10. The van der Waals surface area contributed by atoms with Crippen molar-refractivity contribution in [1.82, 2.24) is 10.4 Å². The summed E-state index contributed by atoms with van der Waals surface area (Å²) in [6.45, 7) is -0.564. The van der Waals surface area contributed by atoms with Gasteiger partial charge in [0.1, 0.15) is 17.4 Å².